The Labute approximate surface area is 113 Å². The topological polar surface area (TPSA) is 33.0 Å². The molecule has 2 nitrogen and oxygen atoms in total. The zero-order valence-electron chi connectivity index (χ0n) is 10.9. The Morgan fingerprint density at radius 3 is 2.58 bits per heavy atom. The molecule has 0 heterocycles. The Hall–Kier alpha value is -2.27. The van der Waals surface area contributed by atoms with Crippen molar-refractivity contribution in [1.29, 1.82) is 5.26 Å². The molecule has 3 rings (SSSR count). The summed E-state index contributed by atoms with van der Waals surface area (Å²) in [4.78, 5) is 0. The van der Waals surface area contributed by atoms with E-state index in [4.69, 9.17) is 4.74 Å². The second kappa shape index (κ2) is 4.78. The van der Waals surface area contributed by atoms with Crippen LogP contribution in [0.25, 0.3) is 0 Å². The second-order valence-corrected chi connectivity index (χ2v) is 4.83. The summed E-state index contributed by atoms with van der Waals surface area (Å²) in [6.45, 7) is 0. The highest BCUT2D eigenvalue weighted by Gasteiger charge is 2.23. The first kappa shape index (κ1) is 11.8. The number of aryl methyl sites for hydroxylation is 2. The molecule has 0 bridgehead atoms. The van der Waals surface area contributed by atoms with E-state index in [-0.39, 0.29) is 5.92 Å². The Bertz CT molecular complexity index is 655. The fourth-order valence-corrected chi connectivity index (χ4v) is 2.83. The normalized spacial score (nSPS) is 16.7. The van der Waals surface area contributed by atoms with Gasteiger partial charge in [0.2, 0.25) is 0 Å². The van der Waals surface area contributed by atoms with Gasteiger partial charge >= 0.3 is 0 Å². The van der Waals surface area contributed by atoms with E-state index in [0.717, 1.165) is 29.7 Å². The van der Waals surface area contributed by atoms with Crippen molar-refractivity contribution >= 4 is 0 Å². The monoisotopic (exact) mass is 249 g/mol. The van der Waals surface area contributed by atoms with Crippen molar-refractivity contribution in [3.05, 3.63) is 64.7 Å². The summed E-state index contributed by atoms with van der Waals surface area (Å²) in [5.41, 5.74) is 4.77. The minimum absolute atomic E-state index is 0.167. The Morgan fingerprint density at radius 2 is 1.79 bits per heavy atom. The summed E-state index contributed by atoms with van der Waals surface area (Å²) in [6.07, 6.45) is 1.94. The molecule has 1 atom stereocenters. The largest absolute Gasteiger partial charge is 0.497 e. The lowest BCUT2D eigenvalue weighted by molar-refractivity contribution is 0.414. The quantitative estimate of drug-likeness (QED) is 0.775. The fraction of sp³-hybridized carbons (Fsp3) is 0.235. The molecule has 0 fully saturated rings. The number of hydrogen-bond donors (Lipinski definition) is 0. The molecular weight excluding hydrogens is 234 g/mol. The van der Waals surface area contributed by atoms with Gasteiger partial charge in [-0.25, -0.2) is 0 Å². The third kappa shape index (κ3) is 1.98. The number of benzene rings is 2. The first-order valence-electron chi connectivity index (χ1n) is 6.47. The van der Waals surface area contributed by atoms with Crippen molar-refractivity contribution < 1.29 is 4.74 Å². The number of methoxy groups -OCH3 is 1. The van der Waals surface area contributed by atoms with Crippen molar-refractivity contribution in [3.8, 4) is 11.8 Å². The van der Waals surface area contributed by atoms with E-state index in [2.05, 4.69) is 24.3 Å². The lowest BCUT2D eigenvalue weighted by Gasteiger charge is -2.13. The van der Waals surface area contributed by atoms with Gasteiger partial charge in [0.15, 0.2) is 0 Å². The van der Waals surface area contributed by atoms with Crippen molar-refractivity contribution in [2.45, 2.75) is 18.8 Å². The van der Waals surface area contributed by atoms with Crippen LogP contribution in [-0.2, 0) is 12.8 Å². The molecule has 0 spiro atoms. The molecule has 1 unspecified atom stereocenters. The molecule has 0 aliphatic heterocycles. The summed E-state index contributed by atoms with van der Waals surface area (Å²) in [6, 6.07) is 16.7. The number of nitrogens with zero attached hydrogens (tertiary/aromatic N) is 1. The average Bonchev–Trinajstić information content (AvgIpc) is 2.63. The standard InChI is InChI=1S/C17H15NO/c1-19-14-8-9-16-13(10-14)7-6-12-4-2-3-5-15(12)17(16)11-18/h2-5,8-10,17H,6-7H2,1H3. The van der Waals surface area contributed by atoms with E-state index in [1.165, 1.54) is 11.1 Å². The molecule has 1 aliphatic rings. The minimum Gasteiger partial charge on any atom is -0.497 e. The Balaban J connectivity index is 2.17. The van der Waals surface area contributed by atoms with Gasteiger partial charge in [-0.3, -0.25) is 0 Å². The van der Waals surface area contributed by atoms with Crippen molar-refractivity contribution in [2.75, 3.05) is 7.11 Å². The number of rotatable bonds is 1. The smallest absolute Gasteiger partial charge is 0.119 e. The third-order valence-corrected chi connectivity index (χ3v) is 3.82. The van der Waals surface area contributed by atoms with Crippen LogP contribution in [0.3, 0.4) is 0 Å². The van der Waals surface area contributed by atoms with Gasteiger partial charge in [0, 0.05) is 0 Å². The SMILES string of the molecule is COc1ccc2c(c1)CCc1ccccc1C2C#N. The molecule has 0 saturated carbocycles. The van der Waals surface area contributed by atoms with Crippen LogP contribution in [0.2, 0.25) is 0 Å². The Kier molecular flexibility index (Phi) is 2.97. The van der Waals surface area contributed by atoms with Crippen LogP contribution < -0.4 is 4.74 Å². The fourth-order valence-electron chi connectivity index (χ4n) is 2.83. The molecule has 0 amide bonds. The van der Waals surface area contributed by atoms with Crippen LogP contribution in [-0.4, -0.2) is 7.11 Å². The van der Waals surface area contributed by atoms with Crippen LogP contribution in [0.1, 0.15) is 28.2 Å². The molecular formula is C17H15NO. The van der Waals surface area contributed by atoms with E-state index in [0.29, 0.717) is 0 Å². The molecule has 0 N–H and O–H groups in total. The average molecular weight is 249 g/mol. The first-order valence-corrected chi connectivity index (χ1v) is 6.47. The van der Waals surface area contributed by atoms with Crippen LogP contribution >= 0.6 is 0 Å². The van der Waals surface area contributed by atoms with E-state index >= 15 is 0 Å². The summed E-state index contributed by atoms with van der Waals surface area (Å²) < 4.78 is 5.28. The molecule has 0 aromatic heterocycles. The van der Waals surface area contributed by atoms with Gasteiger partial charge < -0.3 is 4.74 Å². The molecule has 94 valence electrons. The second-order valence-electron chi connectivity index (χ2n) is 4.83. The number of fused-ring (bicyclic) bond motifs is 2. The molecule has 2 aromatic carbocycles. The number of ether oxygens (including phenoxy) is 1. The van der Waals surface area contributed by atoms with Gasteiger partial charge in [-0.2, -0.15) is 5.26 Å². The zero-order valence-corrected chi connectivity index (χ0v) is 10.9. The van der Waals surface area contributed by atoms with Gasteiger partial charge in [0.05, 0.1) is 19.1 Å². The lowest BCUT2D eigenvalue weighted by Crippen LogP contribution is -2.01. The third-order valence-electron chi connectivity index (χ3n) is 3.82. The highest BCUT2D eigenvalue weighted by atomic mass is 16.5. The highest BCUT2D eigenvalue weighted by molar-refractivity contribution is 5.50. The van der Waals surface area contributed by atoms with Crippen molar-refractivity contribution in [3.63, 3.8) is 0 Å². The van der Waals surface area contributed by atoms with E-state index < -0.39 is 0 Å². The van der Waals surface area contributed by atoms with Crippen LogP contribution in [0.5, 0.6) is 5.75 Å². The van der Waals surface area contributed by atoms with Crippen LogP contribution in [0, 0.1) is 11.3 Å². The zero-order chi connectivity index (χ0) is 13.2. The van der Waals surface area contributed by atoms with E-state index in [9.17, 15) is 5.26 Å². The minimum atomic E-state index is -0.167. The summed E-state index contributed by atoms with van der Waals surface area (Å²) in [5.74, 6) is 0.695. The molecule has 19 heavy (non-hydrogen) atoms. The summed E-state index contributed by atoms with van der Waals surface area (Å²) in [7, 11) is 1.68. The predicted molar refractivity (Wildman–Crippen MR) is 74.3 cm³/mol. The highest BCUT2D eigenvalue weighted by Crippen LogP contribution is 2.35. The van der Waals surface area contributed by atoms with Gasteiger partial charge in [0.25, 0.3) is 0 Å². The van der Waals surface area contributed by atoms with Gasteiger partial charge in [0.1, 0.15) is 5.75 Å². The van der Waals surface area contributed by atoms with Gasteiger partial charge in [-0.05, 0) is 47.2 Å². The molecule has 0 saturated heterocycles. The molecule has 2 aromatic rings. The number of nitriles is 1. The summed E-state index contributed by atoms with van der Waals surface area (Å²) >= 11 is 0. The molecule has 2 heteroatoms. The molecule has 0 radical (unpaired) electrons. The van der Waals surface area contributed by atoms with Crippen LogP contribution in [0.15, 0.2) is 42.5 Å². The van der Waals surface area contributed by atoms with E-state index in [1.54, 1.807) is 7.11 Å². The maximum absolute atomic E-state index is 9.55. The Morgan fingerprint density at radius 1 is 1.05 bits per heavy atom. The predicted octanol–water partition coefficient (Wildman–Crippen LogP) is 3.45. The summed E-state index contributed by atoms with van der Waals surface area (Å²) in [5, 5.41) is 9.55. The van der Waals surface area contributed by atoms with E-state index in [1.807, 2.05) is 24.3 Å². The van der Waals surface area contributed by atoms with Crippen molar-refractivity contribution in [1.82, 2.24) is 0 Å². The molecule has 1 aliphatic carbocycles. The maximum atomic E-state index is 9.55. The van der Waals surface area contributed by atoms with Gasteiger partial charge in [-0.15, -0.1) is 0 Å². The maximum Gasteiger partial charge on any atom is 0.119 e. The van der Waals surface area contributed by atoms with Crippen LogP contribution in [0.4, 0.5) is 0 Å². The van der Waals surface area contributed by atoms with Crippen molar-refractivity contribution in [2.24, 2.45) is 0 Å². The van der Waals surface area contributed by atoms with Gasteiger partial charge in [-0.1, -0.05) is 30.3 Å². The first-order chi connectivity index (χ1) is 9.33. The number of hydrogen-bond acceptors (Lipinski definition) is 2. The lowest BCUT2D eigenvalue weighted by atomic mass is 9.89.